The van der Waals surface area contributed by atoms with E-state index in [1.807, 2.05) is 0 Å². The maximum atomic E-state index is 11.6. The first kappa shape index (κ1) is 11.5. The molecule has 3 unspecified atom stereocenters. The van der Waals surface area contributed by atoms with Crippen molar-refractivity contribution in [3.63, 3.8) is 0 Å². The van der Waals surface area contributed by atoms with Crippen molar-refractivity contribution in [2.45, 2.75) is 50.7 Å². The number of nitrogens with zero attached hydrogens (tertiary/aromatic N) is 2. The minimum atomic E-state index is 0.380. The summed E-state index contributed by atoms with van der Waals surface area (Å²) in [7, 11) is 0. The van der Waals surface area contributed by atoms with E-state index in [4.69, 9.17) is 0 Å². The van der Waals surface area contributed by atoms with Gasteiger partial charge in [0.15, 0.2) is 0 Å². The molecular weight excluding hydrogens is 214 g/mol. The standard InChI is InChI=1S/C13H23N3O/c1-10-2-3-11(8-14-10)15-6-7-16-12(9-15)4-5-13(16)17/h10-12,14H,2-9H2,1H3. The van der Waals surface area contributed by atoms with Gasteiger partial charge in [0.25, 0.3) is 0 Å². The molecule has 0 aromatic carbocycles. The Morgan fingerprint density at radius 1 is 1.18 bits per heavy atom. The number of carbonyl (C=O) groups is 1. The van der Waals surface area contributed by atoms with Crippen LogP contribution >= 0.6 is 0 Å². The normalized spacial score (nSPS) is 39.5. The minimum Gasteiger partial charge on any atom is -0.337 e. The first-order valence-electron chi connectivity index (χ1n) is 7.01. The lowest BCUT2D eigenvalue weighted by Gasteiger charge is -2.43. The van der Waals surface area contributed by atoms with Crippen molar-refractivity contribution in [2.24, 2.45) is 0 Å². The molecule has 3 rings (SSSR count). The van der Waals surface area contributed by atoms with Gasteiger partial charge in [-0.3, -0.25) is 9.69 Å². The van der Waals surface area contributed by atoms with Crippen LogP contribution in [0.15, 0.2) is 0 Å². The summed E-state index contributed by atoms with van der Waals surface area (Å²) in [5.74, 6) is 0.380. The zero-order chi connectivity index (χ0) is 11.8. The number of hydrogen-bond acceptors (Lipinski definition) is 3. The second kappa shape index (κ2) is 4.58. The lowest BCUT2D eigenvalue weighted by molar-refractivity contribution is -0.131. The molecule has 0 radical (unpaired) electrons. The highest BCUT2D eigenvalue weighted by Crippen LogP contribution is 2.25. The molecule has 4 heteroatoms. The number of amides is 1. The summed E-state index contributed by atoms with van der Waals surface area (Å²) in [4.78, 5) is 16.3. The third-order valence-electron chi connectivity index (χ3n) is 4.68. The predicted octanol–water partition coefficient (Wildman–Crippen LogP) is 0.434. The second-order valence-electron chi connectivity index (χ2n) is 5.82. The van der Waals surface area contributed by atoms with Gasteiger partial charge in [-0.15, -0.1) is 0 Å². The number of fused-ring (bicyclic) bond motifs is 1. The van der Waals surface area contributed by atoms with Gasteiger partial charge in [-0.1, -0.05) is 0 Å². The van der Waals surface area contributed by atoms with Crippen LogP contribution in [0.5, 0.6) is 0 Å². The van der Waals surface area contributed by atoms with E-state index < -0.39 is 0 Å². The Morgan fingerprint density at radius 2 is 2.06 bits per heavy atom. The van der Waals surface area contributed by atoms with Gasteiger partial charge in [-0.25, -0.2) is 0 Å². The average Bonchev–Trinajstić information content (AvgIpc) is 2.72. The van der Waals surface area contributed by atoms with Crippen molar-refractivity contribution in [1.82, 2.24) is 15.1 Å². The Balaban J connectivity index is 1.58. The molecule has 3 atom stereocenters. The number of carbonyl (C=O) groups excluding carboxylic acids is 1. The van der Waals surface area contributed by atoms with Crippen LogP contribution in [0.1, 0.15) is 32.6 Å². The Bertz CT molecular complexity index is 299. The number of nitrogens with one attached hydrogen (secondary N) is 1. The monoisotopic (exact) mass is 237 g/mol. The summed E-state index contributed by atoms with van der Waals surface area (Å²) in [5.41, 5.74) is 0. The quantitative estimate of drug-likeness (QED) is 0.718. The fourth-order valence-electron chi connectivity index (χ4n) is 3.52. The third-order valence-corrected chi connectivity index (χ3v) is 4.68. The molecule has 0 saturated carbocycles. The molecule has 0 spiro atoms. The van der Waals surface area contributed by atoms with Crippen LogP contribution in [-0.2, 0) is 4.79 Å². The van der Waals surface area contributed by atoms with Crippen molar-refractivity contribution < 1.29 is 4.79 Å². The van der Waals surface area contributed by atoms with Crippen molar-refractivity contribution >= 4 is 5.91 Å². The van der Waals surface area contributed by atoms with E-state index in [0.29, 0.717) is 24.0 Å². The SMILES string of the molecule is CC1CCC(N2CCN3C(=O)CCC3C2)CN1. The van der Waals surface area contributed by atoms with Crippen LogP contribution in [-0.4, -0.2) is 60.0 Å². The molecule has 1 amide bonds. The highest BCUT2D eigenvalue weighted by Gasteiger charge is 2.37. The van der Waals surface area contributed by atoms with Crippen molar-refractivity contribution in [3.8, 4) is 0 Å². The zero-order valence-electron chi connectivity index (χ0n) is 10.7. The smallest absolute Gasteiger partial charge is 0.222 e. The van der Waals surface area contributed by atoms with Crippen molar-refractivity contribution in [1.29, 1.82) is 0 Å². The van der Waals surface area contributed by atoms with E-state index in [0.717, 1.165) is 39.0 Å². The summed E-state index contributed by atoms with van der Waals surface area (Å²) >= 11 is 0. The first-order chi connectivity index (χ1) is 8.24. The van der Waals surface area contributed by atoms with Gasteiger partial charge in [0.05, 0.1) is 0 Å². The molecule has 3 aliphatic rings. The van der Waals surface area contributed by atoms with E-state index in [-0.39, 0.29) is 0 Å². The summed E-state index contributed by atoms with van der Waals surface area (Å²) in [6, 6.07) is 1.89. The fourth-order valence-corrected chi connectivity index (χ4v) is 3.52. The lowest BCUT2D eigenvalue weighted by Crippen LogP contribution is -2.58. The van der Waals surface area contributed by atoms with Gasteiger partial charge in [-0.2, -0.15) is 0 Å². The summed E-state index contributed by atoms with van der Waals surface area (Å²) in [6.07, 6.45) is 4.45. The Hall–Kier alpha value is -0.610. The molecule has 0 aliphatic carbocycles. The first-order valence-corrected chi connectivity index (χ1v) is 7.01. The largest absolute Gasteiger partial charge is 0.337 e. The van der Waals surface area contributed by atoms with Gasteiger partial charge in [0, 0.05) is 50.7 Å². The van der Waals surface area contributed by atoms with E-state index >= 15 is 0 Å². The highest BCUT2D eigenvalue weighted by molar-refractivity contribution is 5.78. The number of hydrogen-bond donors (Lipinski definition) is 1. The number of piperazine rings is 1. The fraction of sp³-hybridized carbons (Fsp3) is 0.923. The molecule has 0 bridgehead atoms. The third kappa shape index (κ3) is 2.20. The van der Waals surface area contributed by atoms with Crippen LogP contribution in [0.3, 0.4) is 0 Å². The molecule has 3 heterocycles. The minimum absolute atomic E-state index is 0.380. The van der Waals surface area contributed by atoms with E-state index in [9.17, 15) is 4.79 Å². The summed E-state index contributed by atoms with van der Waals surface area (Å²) < 4.78 is 0. The van der Waals surface area contributed by atoms with Gasteiger partial charge in [0.2, 0.25) is 5.91 Å². The van der Waals surface area contributed by atoms with Gasteiger partial charge in [-0.05, 0) is 26.2 Å². The van der Waals surface area contributed by atoms with E-state index in [1.54, 1.807) is 0 Å². The molecule has 17 heavy (non-hydrogen) atoms. The van der Waals surface area contributed by atoms with E-state index in [2.05, 4.69) is 22.0 Å². The zero-order valence-corrected chi connectivity index (χ0v) is 10.7. The molecule has 4 nitrogen and oxygen atoms in total. The Kier molecular flexibility index (Phi) is 3.09. The topological polar surface area (TPSA) is 35.6 Å². The molecule has 3 fully saturated rings. The number of rotatable bonds is 1. The molecular formula is C13H23N3O. The Labute approximate surface area is 103 Å². The van der Waals surface area contributed by atoms with E-state index in [1.165, 1.54) is 12.8 Å². The summed E-state index contributed by atoms with van der Waals surface area (Å²) in [6.45, 7) is 6.52. The Morgan fingerprint density at radius 3 is 2.82 bits per heavy atom. The van der Waals surface area contributed by atoms with Gasteiger partial charge >= 0.3 is 0 Å². The van der Waals surface area contributed by atoms with Crippen LogP contribution in [0.4, 0.5) is 0 Å². The van der Waals surface area contributed by atoms with Crippen LogP contribution < -0.4 is 5.32 Å². The molecule has 1 N–H and O–H groups in total. The van der Waals surface area contributed by atoms with Gasteiger partial charge < -0.3 is 10.2 Å². The molecule has 3 saturated heterocycles. The van der Waals surface area contributed by atoms with Crippen LogP contribution in [0.2, 0.25) is 0 Å². The average molecular weight is 237 g/mol. The molecule has 96 valence electrons. The molecule has 3 aliphatic heterocycles. The molecule has 0 aromatic heterocycles. The van der Waals surface area contributed by atoms with Gasteiger partial charge in [0.1, 0.15) is 0 Å². The van der Waals surface area contributed by atoms with Crippen LogP contribution in [0.25, 0.3) is 0 Å². The number of piperidine rings is 1. The highest BCUT2D eigenvalue weighted by atomic mass is 16.2. The van der Waals surface area contributed by atoms with Crippen molar-refractivity contribution in [3.05, 3.63) is 0 Å². The maximum absolute atomic E-state index is 11.6. The van der Waals surface area contributed by atoms with Crippen LogP contribution in [0, 0.1) is 0 Å². The lowest BCUT2D eigenvalue weighted by atomic mass is 9.99. The molecule has 0 aromatic rings. The second-order valence-corrected chi connectivity index (χ2v) is 5.82. The predicted molar refractivity (Wildman–Crippen MR) is 66.8 cm³/mol. The summed E-state index contributed by atoms with van der Waals surface area (Å²) in [5, 5.41) is 3.58. The maximum Gasteiger partial charge on any atom is 0.222 e. The van der Waals surface area contributed by atoms with Crippen molar-refractivity contribution in [2.75, 3.05) is 26.2 Å².